The number of amides is 1. The van der Waals surface area contributed by atoms with Gasteiger partial charge in [0.1, 0.15) is 12.0 Å². The van der Waals surface area contributed by atoms with Gasteiger partial charge in [-0.3, -0.25) is 4.79 Å². The molecule has 92 valence electrons. The van der Waals surface area contributed by atoms with Gasteiger partial charge in [-0.25, -0.2) is 4.79 Å². The average Bonchev–Trinajstić information content (AvgIpc) is 2.34. The first-order valence-electron chi connectivity index (χ1n) is 4.95. The van der Waals surface area contributed by atoms with Crippen LogP contribution in [-0.4, -0.2) is 11.0 Å². The maximum atomic E-state index is 11.7. The van der Waals surface area contributed by atoms with Crippen LogP contribution in [0.5, 0.6) is 5.75 Å². The standard InChI is InChI=1S/C12H8ClNO4/c13-9-5-8(2-3-10(9)15)14-12(17)7-1-4-11(16)18-6-7/h1-6,15H,(H,14,17). The van der Waals surface area contributed by atoms with Gasteiger partial charge in [-0.1, -0.05) is 11.6 Å². The van der Waals surface area contributed by atoms with Crippen LogP contribution in [0.3, 0.4) is 0 Å². The number of carbonyl (C=O) groups excluding carboxylic acids is 1. The van der Waals surface area contributed by atoms with E-state index in [0.29, 0.717) is 5.69 Å². The minimum atomic E-state index is -0.528. The lowest BCUT2D eigenvalue weighted by Crippen LogP contribution is -2.12. The third kappa shape index (κ3) is 2.70. The summed E-state index contributed by atoms with van der Waals surface area (Å²) < 4.78 is 4.58. The number of carbonyl (C=O) groups is 1. The van der Waals surface area contributed by atoms with E-state index in [2.05, 4.69) is 9.73 Å². The van der Waals surface area contributed by atoms with Gasteiger partial charge < -0.3 is 14.8 Å². The van der Waals surface area contributed by atoms with Gasteiger partial charge in [0.25, 0.3) is 5.91 Å². The summed E-state index contributed by atoms with van der Waals surface area (Å²) in [5, 5.41) is 11.9. The zero-order chi connectivity index (χ0) is 13.1. The van der Waals surface area contributed by atoms with E-state index in [1.165, 1.54) is 24.3 Å². The molecule has 18 heavy (non-hydrogen) atoms. The molecule has 0 aliphatic heterocycles. The Morgan fingerprint density at radius 2 is 2.06 bits per heavy atom. The fourth-order valence-electron chi connectivity index (χ4n) is 1.28. The SMILES string of the molecule is O=C(Nc1ccc(O)c(Cl)c1)c1ccc(=O)oc1. The van der Waals surface area contributed by atoms with Crippen molar-refractivity contribution in [3.8, 4) is 5.75 Å². The molecule has 0 aliphatic carbocycles. The third-order valence-electron chi connectivity index (χ3n) is 2.17. The molecule has 0 saturated heterocycles. The van der Waals surface area contributed by atoms with Gasteiger partial charge in [0, 0.05) is 11.8 Å². The number of aromatic hydroxyl groups is 1. The van der Waals surface area contributed by atoms with Crippen molar-refractivity contribution in [2.24, 2.45) is 0 Å². The minimum Gasteiger partial charge on any atom is -0.506 e. The fraction of sp³-hybridized carbons (Fsp3) is 0. The van der Waals surface area contributed by atoms with E-state index >= 15 is 0 Å². The van der Waals surface area contributed by atoms with Gasteiger partial charge in [0.2, 0.25) is 0 Å². The Balaban J connectivity index is 2.18. The number of benzene rings is 1. The average molecular weight is 266 g/mol. The van der Waals surface area contributed by atoms with E-state index in [1.807, 2.05) is 0 Å². The maximum Gasteiger partial charge on any atom is 0.335 e. The molecule has 1 heterocycles. The number of rotatable bonds is 2. The second kappa shape index (κ2) is 4.93. The molecule has 0 aliphatic rings. The lowest BCUT2D eigenvalue weighted by atomic mass is 10.2. The van der Waals surface area contributed by atoms with Crippen molar-refractivity contribution < 1.29 is 14.3 Å². The molecule has 1 aromatic heterocycles. The van der Waals surface area contributed by atoms with Crippen molar-refractivity contribution in [3.05, 3.63) is 57.6 Å². The Morgan fingerprint density at radius 3 is 2.67 bits per heavy atom. The number of phenols is 1. The molecule has 0 radical (unpaired) electrons. The van der Waals surface area contributed by atoms with Crippen LogP contribution in [0.1, 0.15) is 10.4 Å². The summed E-state index contributed by atoms with van der Waals surface area (Å²) in [7, 11) is 0. The number of hydrogen-bond donors (Lipinski definition) is 2. The molecule has 1 aromatic carbocycles. The van der Waals surface area contributed by atoms with E-state index in [4.69, 9.17) is 11.6 Å². The van der Waals surface area contributed by atoms with E-state index < -0.39 is 11.5 Å². The number of phenolic OH excluding ortho intramolecular Hbond substituents is 1. The molecule has 2 aromatic rings. The third-order valence-corrected chi connectivity index (χ3v) is 2.47. The van der Waals surface area contributed by atoms with Crippen molar-refractivity contribution in [2.45, 2.75) is 0 Å². The van der Waals surface area contributed by atoms with Crippen molar-refractivity contribution in [1.82, 2.24) is 0 Å². The Hall–Kier alpha value is -2.27. The summed E-state index contributed by atoms with van der Waals surface area (Å²) in [5.74, 6) is -0.513. The highest BCUT2D eigenvalue weighted by atomic mass is 35.5. The molecule has 0 saturated carbocycles. The molecule has 0 fully saturated rings. The Morgan fingerprint density at radius 1 is 1.28 bits per heavy atom. The molecular weight excluding hydrogens is 258 g/mol. The van der Waals surface area contributed by atoms with Crippen molar-refractivity contribution in [1.29, 1.82) is 0 Å². The highest BCUT2D eigenvalue weighted by molar-refractivity contribution is 6.32. The molecular formula is C12H8ClNO4. The van der Waals surface area contributed by atoms with Crippen LogP contribution in [0.4, 0.5) is 5.69 Å². The zero-order valence-electron chi connectivity index (χ0n) is 9.01. The predicted molar refractivity (Wildman–Crippen MR) is 66.0 cm³/mol. The highest BCUT2D eigenvalue weighted by Gasteiger charge is 2.08. The molecule has 0 atom stereocenters. The summed E-state index contributed by atoms with van der Waals surface area (Å²) >= 11 is 5.70. The highest BCUT2D eigenvalue weighted by Crippen LogP contribution is 2.26. The molecule has 0 spiro atoms. The summed E-state index contributed by atoms with van der Waals surface area (Å²) in [4.78, 5) is 22.5. The molecule has 0 unspecified atom stereocenters. The van der Waals surface area contributed by atoms with Gasteiger partial charge >= 0.3 is 5.63 Å². The quantitative estimate of drug-likeness (QED) is 0.816. The van der Waals surface area contributed by atoms with E-state index in [0.717, 1.165) is 12.3 Å². The largest absolute Gasteiger partial charge is 0.506 e. The fourth-order valence-corrected chi connectivity index (χ4v) is 1.46. The Labute approximate surface area is 107 Å². The van der Waals surface area contributed by atoms with Crippen LogP contribution < -0.4 is 10.9 Å². The Kier molecular flexibility index (Phi) is 3.34. The van der Waals surface area contributed by atoms with Crippen LogP contribution in [0.15, 0.2) is 45.8 Å². The van der Waals surface area contributed by atoms with Crippen molar-refractivity contribution in [3.63, 3.8) is 0 Å². The number of anilines is 1. The minimum absolute atomic E-state index is 0.0691. The number of hydrogen-bond acceptors (Lipinski definition) is 4. The van der Waals surface area contributed by atoms with Crippen LogP contribution in [0, 0.1) is 0 Å². The topological polar surface area (TPSA) is 79.5 Å². The molecule has 2 N–H and O–H groups in total. The molecule has 1 amide bonds. The summed E-state index contributed by atoms with van der Waals surface area (Å²) in [6.07, 6.45) is 1.07. The molecule has 2 rings (SSSR count). The van der Waals surface area contributed by atoms with Gasteiger partial charge in [-0.05, 0) is 24.3 Å². The van der Waals surface area contributed by atoms with E-state index in [-0.39, 0.29) is 16.3 Å². The van der Waals surface area contributed by atoms with Gasteiger partial charge in [-0.2, -0.15) is 0 Å². The molecule has 6 heteroatoms. The van der Waals surface area contributed by atoms with Crippen molar-refractivity contribution in [2.75, 3.05) is 5.32 Å². The lowest BCUT2D eigenvalue weighted by Gasteiger charge is -2.05. The van der Waals surface area contributed by atoms with Gasteiger partial charge in [0.15, 0.2) is 0 Å². The predicted octanol–water partition coefficient (Wildman–Crippen LogP) is 2.25. The van der Waals surface area contributed by atoms with Gasteiger partial charge in [0.05, 0.1) is 10.6 Å². The first-order chi connectivity index (χ1) is 8.56. The summed E-state index contributed by atoms with van der Waals surface area (Å²) in [6.45, 7) is 0. The molecule has 5 nitrogen and oxygen atoms in total. The van der Waals surface area contributed by atoms with Gasteiger partial charge in [-0.15, -0.1) is 0 Å². The van der Waals surface area contributed by atoms with Crippen LogP contribution >= 0.6 is 11.6 Å². The lowest BCUT2D eigenvalue weighted by molar-refractivity contribution is 0.102. The molecule has 0 bridgehead atoms. The van der Waals surface area contributed by atoms with E-state index in [9.17, 15) is 14.7 Å². The number of halogens is 1. The van der Waals surface area contributed by atoms with Crippen LogP contribution in [0.25, 0.3) is 0 Å². The first kappa shape index (κ1) is 12.2. The van der Waals surface area contributed by atoms with Crippen molar-refractivity contribution >= 4 is 23.2 Å². The van der Waals surface area contributed by atoms with Crippen LogP contribution in [0.2, 0.25) is 5.02 Å². The second-order valence-electron chi connectivity index (χ2n) is 3.46. The maximum absolute atomic E-state index is 11.7. The number of nitrogens with one attached hydrogen (secondary N) is 1. The monoisotopic (exact) mass is 265 g/mol. The Bertz CT molecular complexity index is 630. The smallest absolute Gasteiger partial charge is 0.335 e. The summed E-state index contributed by atoms with van der Waals surface area (Å²) in [6, 6.07) is 6.77. The van der Waals surface area contributed by atoms with Crippen LogP contribution in [-0.2, 0) is 0 Å². The second-order valence-corrected chi connectivity index (χ2v) is 3.87. The first-order valence-corrected chi connectivity index (χ1v) is 5.33. The van der Waals surface area contributed by atoms with E-state index in [1.54, 1.807) is 0 Å². The normalized spacial score (nSPS) is 10.1. The summed E-state index contributed by atoms with van der Waals surface area (Å²) in [5.41, 5.74) is 0.104. The zero-order valence-corrected chi connectivity index (χ0v) is 9.77.